The Morgan fingerprint density at radius 2 is 1.92 bits per heavy atom. The van der Waals surface area contributed by atoms with Gasteiger partial charge in [-0.25, -0.2) is 0 Å². The van der Waals surface area contributed by atoms with Gasteiger partial charge in [-0.15, -0.1) is 34.2 Å². The number of fused-ring (bicyclic) bond motifs is 1. The molecule has 0 unspecified atom stereocenters. The molecule has 2 aliphatic heterocycles. The minimum atomic E-state index is 0. The van der Waals surface area contributed by atoms with E-state index < -0.39 is 0 Å². The zero-order chi connectivity index (χ0) is 18.1. The summed E-state index contributed by atoms with van der Waals surface area (Å²) in [5.41, 5.74) is 0.438. The Kier molecular flexibility index (Phi) is 6.96. The number of guanidine groups is 1. The fourth-order valence-corrected chi connectivity index (χ4v) is 3.79. The molecule has 0 saturated carbocycles. The van der Waals surface area contributed by atoms with Crippen molar-refractivity contribution in [3.8, 4) is 0 Å². The number of hydrogen-bond donors (Lipinski definition) is 1. The van der Waals surface area contributed by atoms with Gasteiger partial charge >= 0.3 is 0 Å². The normalized spacial score (nSPS) is 21.3. The second-order valence-corrected chi connectivity index (χ2v) is 8.51. The summed E-state index contributed by atoms with van der Waals surface area (Å²) in [6.45, 7) is 15.2. The van der Waals surface area contributed by atoms with E-state index >= 15 is 0 Å². The molecule has 3 rings (SSSR count). The van der Waals surface area contributed by atoms with Gasteiger partial charge in [-0.1, -0.05) is 20.3 Å². The summed E-state index contributed by atoms with van der Waals surface area (Å²) in [6, 6.07) is 0. The molecule has 0 bridgehead atoms. The summed E-state index contributed by atoms with van der Waals surface area (Å²) < 4.78 is 2.33. The van der Waals surface area contributed by atoms with Crippen LogP contribution in [0.15, 0.2) is 4.99 Å². The van der Waals surface area contributed by atoms with Gasteiger partial charge in [0, 0.05) is 50.0 Å². The lowest BCUT2D eigenvalue weighted by Crippen LogP contribution is -2.72. The van der Waals surface area contributed by atoms with Crippen LogP contribution in [0.25, 0.3) is 0 Å². The topological polar surface area (TPSA) is 58.3 Å². The molecule has 1 saturated heterocycles. The van der Waals surface area contributed by atoms with Crippen molar-refractivity contribution in [2.45, 2.75) is 78.8 Å². The second kappa shape index (κ2) is 8.44. The molecule has 0 amide bonds. The number of nitrogens with one attached hydrogen (secondary N) is 1. The Bertz CT molecular complexity index is 634. The zero-order valence-corrected chi connectivity index (χ0v) is 19.3. The highest BCUT2D eigenvalue weighted by atomic mass is 127. The van der Waals surface area contributed by atoms with Gasteiger partial charge in [-0.3, -0.25) is 4.99 Å². The highest BCUT2D eigenvalue weighted by Gasteiger charge is 2.53. The van der Waals surface area contributed by atoms with Crippen LogP contribution in [0.3, 0.4) is 0 Å². The van der Waals surface area contributed by atoms with E-state index in [0.29, 0.717) is 5.41 Å². The van der Waals surface area contributed by atoms with Crippen molar-refractivity contribution in [2.24, 2.45) is 10.4 Å². The molecule has 1 aromatic rings. The molecule has 0 aliphatic carbocycles. The van der Waals surface area contributed by atoms with Crippen molar-refractivity contribution < 1.29 is 0 Å². The minimum absolute atomic E-state index is 0. The van der Waals surface area contributed by atoms with E-state index in [1.807, 2.05) is 0 Å². The molecule has 0 spiro atoms. The number of likely N-dealkylation sites (tertiary alicyclic amines) is 1. The van der Waals surface area contributed by atoms with Crippen molar-refractivity contribution in [2.75, 3.05) is 19.6 Å². The van der Waals surface area contributed by atoms with Gasteiger partial charge < -0.3 is 14.8 Å². The first kappa shape index (κ1) is 21.4. The average Bonchev–Trinajstić information content (AvgIpc) is 2.79. The maximum atomic E-state index is 4.89. The summed E-state index contributed by atoms with van der Waals surface area (Å²) in [5, 5.41) is 12.3. The number of aromatic nitrogens is 3. The highest BCUT2D eigenvalue weighted by molar-refractivity contribution is 14.0. The van der Waals surface area contributed by atoms with Crippen molar-refractivity contribution >= 4 is 29.9 Å². The third-order valence-corrected chi connectivity index (χ3v) is 6.26. The number of nitrogens with zero attached hydrogens (tertiary/aromatic N) is 5. The summed E-state index contributed by atoms with van der Waals surface area (Å²) >= 11 is 0. The van der Waals surface area contributed by atoms with Crippen LogP contribution in [0.2, 0.25) is 0 Å². The van der Waals surface area contributed by atoms with Crippen LogP contribution in [-0.2, 0) is 19.4 Å². The molecule has 0 radical (unpaired) electrons. The third kappa shape index (κ3) is 4.02. The van der Waals surface area contributed by atoms with Crippen LogP contribution in [0.4, 0.5) is 0 Å². The van der Waals surface area contributed by atoms with Crippen molar-refractivity contribution in [1.82, 2.24) is 25.0 Å². The fraction of sp³-hybridized carbons (Fsp3) is 0.842. The Labute approximate surface area is 175 Å². The SMILES string of the molecule is CCNC(=NCCc1nnc2n1CCCCC2)N1CC(C)(C)C1(C)C.I. The molecule has 26 heavy (non-hydrogen) atoms. The number of halogens is 1. The van der Waals surface area contributed by atoms with E-state index in [1.165, 1.54) is 19.3 Å². The Balaban J connectivity index is 0.00000243. The molecule has 1 N–H and O–H groups in total. The second-order valence-electron chi connectivity index (χ2n) is 8.51. The molecule has 0 aromatic carbocycles. The summed E-state index contributed by atoms with van der Waals surface area (Å²) in [5.74, 6) is 3.29. The molecule has 148 valence electrons. The number of aryl methyl sites for hydroxylation is 1. The van der Waals surface area contributed by atoms with Gasteiger partial charge in [0.2, 0.25) is 0 Å². The van der Waals surface area contributed by atoms with Crippen LogP contribution in [0.5, 0.6) is 0 Å². The predicted molar refractivity (Wildman–Crippen MR) is 117 cm³/mol. The monoisotopic (exact) mass is 474 g/mol. The van der Waals surface area contributed by atoms with Crippen molar-refractivity contribution in [3.05, 3.63) is 11.6 Å². The Morgan fingerprint density at radius 1 is 1.15 bits per heavy atom. The Morgan fingerprint density at radius 3 is 2.58 bits per heavy atom. The van der Waals surface area contributed by atoms with Gasteiger partial charge in [0.1, 0.15) is 11.6 Å². The quantitative estimate of drug-likeness (QED) is 0.414. The summed E-state index contributed by atoms with van der Waals surface area (Å²) in [4.78, 5) is 7.30. The van der Waals surface area contributed by atoms with E-state index in [-0.39, 0.29) is 29.5 Å². The van der Waals surface area contributed by atoms with Crippen molar-refractivity contribution in [3.63, 3.8) is 0 Å². The number of aliphatic imine (C=N–C) groups is 1. The number of hydrogen-bond acceptors (Lipinski definition) is 3. The van der Waals surface area contributed by atoms with Gasteiger partial charge in [-0.05, 0) is 33.6 Å². The van der Waals surface area contributed by atoms with Crippen LogP contribution in [-0.4, -0.2) is 50.8 Å². The first-order valence-electron chi connectivity index (χ1n) is 9.84. The number of rotatable bonds is 4. The molecule has 2 aliphatic rings. The Hall–Kier alpha value is -0.860. The van der Waals surface area contributed by atoms with Gasteiger partial charge in [0.05, 0.1) is 0 Å². The maximum absolute atomic E-state index is 4.89. The van der Waals surface area contributed by atoms with Gasteiger partial charge in [0.15, 0.2) is 5.96 Å². The zero-order valence-electron chi connectivity index (χ0n) is 17.0. The van der Waals surface area contributed by atoms with Crippen LogP contribution >= 0.6 is 24.0 Å². The maximum Gasteiger partial charge on any atom is 0.194 e. The van der Waals surface area contributed by atoms with Crippen LogP contribution in [0.1, 0.15) is 65.5 Å². The lowest BCUT2D eigenvalue weighted by atomic mass is 9.65. The van der Waals surface area contributed by atoms with Gasteiger partial charge in [0.25, 0.3) is 0 Å². The highest BCUT2D eigenvalue weighted by Crippen LogP contribution is 2.46. The lowest BCUT2D eigenvalue weighted by molar-refractivity contribution is -0.0667. The van der Waals surface area contributed by atoms with Crippen LogP contribution in [0, 0.1) is 5.41 Å². The first-order valence-corrected chi connectivity index (χ1v) is 9.84. The molecule has 3 heterocycles. The fourth-order valence-electron chi connectivity index (χ4n) is 3.79. The smallest absolute Gasteiger partial charge is 0.194 e. The molecule has 6 nitrogen and oxygen atoms in total. The molecular weight excluding hydrogens is 439 g/mol. The minimum Gasteiger partial charge on any atom is -0.356 e. The third-order valence-electron chi connectivity index (χ3n) is 6.26. The predicted octanol–water partition coefficient (Wildman–Crippen LogP) is 3.25. The van der Waals surface area contributed by atoms with Crippen molar-refractivity contribution in [1.29, 1.82) is 0 Å². The summed E-state index contributed by atoms with van der Waals surface area (Å²) in [6.07, 6.45) is 5.70. The molecule has 1 aromatic heterocycles. The average molecular weight is 474 g/mol. The van der Waals surface area contributed by atoms with E-state index in [1.54, 1.807) is 0 Å². The standard InChI is InChI=1S/C19H34N6.HI/c1-6-20-17(25-14-18(2,3)19(25,4)5)21-12-11-16-23-22-15-10-8-7-9-13-24(15)16;/h6-14H2,1-5H3,(H,20,21);1H. The van der Waals surface area contributed by atoms with E-state index in [0.717, 1.165) is 56.6 Å². The lowest BCUT2D eigenvalue weighted by Gasteiger charge is -2.62. The van der Waals surface area contributed by atoms with Crippen LogP contribution < -0.4 is 5.32 Å². The van der Waals surface area contributed by atoms with Gasteiger partial charge in [-0.2, -0.15) is 0 Å². The molecular formula is C19H35IN6. The molecule has 1 fully saturated rings. The van der Waals surface area contributed by atoms with E-state index in [2.05, 4.69) is 59.6 Å². The van der Waals surface area contributed by atoms with E-state index in [9.17, 15) is 0 Å². The van der Waals surface area contributed by atoms with E-state index in [4.69, 9.17) is 4.99 Å². The molecule has 7 heteroatoms. The summed E-state index contributed by atoms with van der Waals surface area (Å²) in [7, 11) is 0. The first-order chi connectivity index (χ1) is 11.9. The molecule has 0 atom stereocenters. The largest absolute Gasteiger partial charge is 0.356 e.